The first-order valence-corrected chi connectivity index (χ1v) is 11.9. The molecule has 1 aliphatic heterocycles. The second kappa shape index (κ2) is 9.54. The third-order valence-corrected chi connectivity index (χ3v) is 7.95. The Hall–Kier alpha value is -1.90. The highest BCUT2D eigenvalue weighted by atomic mass is 32.2. The lowest BCUT2D eigenvalue weighted by Crippen LogP contribution is -2.36. The molecule has 0 aliphatic carbocycles. The zero-order valence-electron chi connectivity index (χ0n) is 16.4. The van der Waals surface area contributed by atoms with Crippen molar-refractivity contribution in [3.05, 3.63) is 51.7 Å². The van der Waals surface area contributed by atoms with Crippen molar-refractivity contribution in [3.63, 3.8) is 0 Å². The Bertz CT molecular complexity index is 899. The summed E-state index contributed by atoms with van der Waals surface area (Å²) < 4.78 is 26.7. The van der Waals surface area contributed by atoms with E-state index in [0.717, 1.165) is 37.3 Å². The fraction of sp³-hybridized carbons (Fsp3) is 0.450. The zero-order chi connectivity index (χ0) is 20.0. The number of aliphatic imine (C=N–C) groups is 1. The van der Waals surface area contributed by atoms with Crippen LogP contribution in [0.25, 0.3) is 0 Å². The highest BCUT2D eigenvalue weighted by molar-refractivity contribution is 7.89. The van der Waals surface area contributed by atoms with Gasteiger partial charge in [-0.05, 0) is 49.1 Å². The fourth-order valence-corrected chi connectivity index (χ4v) is 5.56. The Morgan fingerprint density at radius 2 is 1.68 bits per heavy atom. The minimum absolute atomic E-state index is 0.366. The summed E-state index contributed by atoms with van der Waals surface area (Å²) in [5.74, 6) is 0.722. The van der Waals surface area contributed by atoms with Gasteiger partial charge in [0, 0.05) is 36.4 Å². The van der Waals surface area contributed by atoms with E-state index in [4.69, 9.17) is 0 Å². The van der Waals surface area contributed by atoms with Gasteiger partial charge in [-0.2, -0.15) is 4.31 Å². The Morgan fingerprint density at radius 3 is 2.29 bits per heavy atom. The van der Waals surface area contributed by atoms with E-state index in [-0.39, 0.29) is 0 Å². The van der Waals surface area contributed by atoms with Gasteiger partial charge in [-0.1, -0.05) is 19.1 Å². The van der Waals surface area contributed by atoms with Gasteiger partial charge in [0.05, 0.1) is 11.4 Å². The first kappa shape index (κ1) is 20.8. The van der Waals surface area contributed by atoms with Gasteiger partial charge >= 0.3 is 0 Å². The van der Waals surface area contributed by atoms with Crippen LogP contribution in [0.5, 0.6) is 0 Å². The normalized spacial score (nSPS) is 15.7. The number of guanidine groups is 1. The molecule has 0 atom stereocenters. The number of aryl methyl sites for hydroxylation is 1. The summed E-state index contributed by atoms with van der Waals surface area (Å²) in [6.07, 6.45) is 2.94. The van der Waals surface area contributed by atoms with Gasteiger partial charge in [-0.15, -0.1) is 11.3 Å². The number of nitrogens with one attached hydrogen (secondary N) is 2. The van der Waals surface area contributed by atoms with Gasteiger partial charge in [0.2, 0.25) is 10.0 Å². The Balaban J connectivity index is 1.53. The fourth-order valence-electron chi connectivity index (χ4n) is 3.14. The number of rotatable bonds is 7. The maximum Gasteiger partial charge on any atom is 0.243 e. The lowest BCUT2D eigenvalue weighted by molar-refractivity contribution is 0.477. The lowest BCUT2D eigenvalue weighted by Gasteiger charge is -2.16. The van der Waals surface area contributed by atoms with Crippen molar-refractivity contribution >= 4 is 27.3 Å². The predicted molar refractivity (Wildman–Crippen MR) is 115 cm³/mol. The molecular formula is C20H28N4O2S2. The van der Waals surface area contributed by atoms with E-state index >= 15 is 0 Å². The number of thiophene rings is 1. The van der Waals surface area contributed by atoms with Crippen molar-refractivity contribution in [2.45, 2.75) is 44.2 Å². The molecule has 28 heavy (non-hydrogen) atoms. The van der Waals surface area contributed by atoms with E-state index < -0.39 is 10.0 Å². The monoisotopic (exact) mass is 420 g/mol. The molecule has 1 aromatic carbocycles. The number of hydrogen-bond donors (Lipinski definition) is 2. The van der Waals surface area contributed by atoms with Crippen LogP contribution in [0.1, 0.15) is 35.1 Å². The van der Waals surface area contributed by atoms with Crippen molar-refractivity contribution in [1.82, 2.24) is 14.9 Å². The van der Waals surface area contributed by atoms with E-state index in [1.807, 2.05) is 23.5 Å². The molecule has 0 bridgehead atoms. The van der Waals surface area contributed by atoms with E-state index in [9.17, 15) is 8.42 Å². The van der Waals surface area contributed by atoms with Crippen molar-refractivity contribution < 1.29 is 8.42 Å². The highest BCUT2D eigenvalue weighted by Crippen LogP contribution is 2.21. The molecule has 1 aliphatic rings. The summed E-state index contributed by atoms with van der Waals surface area (Å²) in [5.41, 5.74) is 1.01. The molecule has 0 radical (unpaired) electrons. The molecule has 1 saturated heterocycles. The van der Waals surface area contributed by atoms with E-state index in [0.29, 0.717) is 24.5 Å². The maximum absolute atomic E-state index is 12.6. The Kier molecular flexibility index (Phi) is 7.09. The number of benzene rings is 1. The predicted octanol–water partition coefficient (Wildman–Crippen LogP) is 2.96. The van der Waals surface area contributed by atoms with Crippen LogP contribution in [-0.2, 0) is 29.5 Å². The lowest BCUT2D eigenvalue weighted by atomic mass is 10.2. The topological polar surface area (TPSA) is 73.8 Å². The molecule has 8 heteroatoms. The van der Waals surface area contributed by atoms with Crippen LogP contribution < -0.4 is 10.6 Å². The molecule has 0 amide bonds. The summed E-state index contributed by atoms with van der Waals surface area (Å²) >= 11 is 1.81. The minimum Gasteiger partial charge on any atom is -0.352 e. The third-order valence-electron chi connectivity index (χ3n) is 4.81. The minimum atomic E-state index is -3.35. The van der Waals surface area contributed by atoms with Crippen LogP contribution in [0.3, 0.4) is 0 Å². The van der Waals surface area contributed by atoms with E-state index in [1.165, 1.54) is 9.75 Å². The first-order valence-electron chi connectivity index (χ1n) is 9.64. The van der Waals surface area contributed by atoms with Crippen molar-refractivity contribution in [2.75, 3.05) is 20.1 Å². The van der Waals surface area contributed by atoms with Gasteiger partial charge in [0.15, 0.2) is 5.96 Å². The largest absolute Gasteiger partial charge is 0.352 e. The average Bonchev–Trinajstić information content (AvgIpc) is 3.41. The van der Waals surface area contributed by atoms with Crippen LogP contribution in [0, 0.1) is 0 Å². The quantitative estimate of drug-likeness (QED) is 0.534. The van der Waals surface area contributed by atoms with E-state index in [1.54, 1.807) is 23.5 Å². The average molecular weight is 421 g/mol. The molecule has 2 N–H and O–H groups in total. The molecule has 1 aromatic heterocycles. The third kappa shape index (κ3) is 5.12. The molecule has 2 heterocycles. The first-order chi connectivity index (χ1) is 13.5. The highest BCUT2D eigenvalue weighted by Gasteiger charge is 2.26. The van der Waals surface area contributed by atoms with Gasteiger partial charge in [-0.25, -0.2) is 8.42 Å². The number of hydrogen-bond acceptors (Lipinski definition) is 4. The zero-order valence-corrected chi connectivity index (χ0v) is 18.1. The number of sulfonamides is 1. The molecule has 2 aromatic rings. The van der Waals surface area contributed by atoms with Gasteiger partial charge in [-0.3, -0.25) is 4.99 Å². The smallest absolute Gasteiger partial charge is 0.243 e. The van der Waals surface area contributed by atoms with Crippen LogP contribution in [0.15, 0.2) is 46.3 Å². The van der Waals surface area contributed by atoms with Crippen LogP contribution >= 0.6 is 11.3 Å². The standard InChI is InChI=1S/C20H28N4O2S2/c1-3-17-8-9-18(27-17)15-23-20(21-2)22-14-16-6-10-19(11-7-16)28(25,26)24-12-4-5-13-24/h6-11H,3-5,12-15H2,1-2H3,(H2,21,22,23). The molecule has 3 rings (SSSR count). The van der Waals surface area contributed by atoms with E-state index in [2.05, 4.69) is 34.7 Å². The van der Waals surface area contributed by atoms with Crippen molar-refractivity contribution in [3.8, 4) is 0 Å². The molecule has 0 saturated carbocycles. The Labute approximate surface area is 171 Å². The maximum atomic E-state index is 12.6. The second-order valence-corrected chi connectivity index (χ2v) is 9.95. The summed E-state index contributed by atoms with van der Waals surface area (Å²) in [5, 5.41) is 6.59. The van der Waals surface area contributed by atoms with Crippen LogP contribution in [0.4, 0.5) is 0 Å². The molecule has 152 valence electrons. The van der Waals surface area contributed by atoms with Gasteiger partial charge in [0.1, 0.15) is 0 Å². The number of nitrogens with zero attached hydrogens (tertiary/aromatic N) is 2. The van der Waals surface area contributed by atoms with Crippen LogP contribution in [0.2, 0.25) is 0 Å². The molecule has 1 fully saturated rings. The summed E-state index contributed by atoms with van der Waals surface area (Å²) in [4.78, 5) is 7.27. The Morgan fingerprint density at radius 1 is 1.04 bits per heavy atom. The molecule has 0 spiro atoms. The summed E-state index contributed by atoms with van der Waals surface area (Å²) in [6.45, 7) is 4.71. The second-order valence-electron chi connectivity index (χ2n) is 6.76. The van der Waals surface area contributed by atoms with Gasteiger partial charge in [0.25, 0.3) is 0 Å². The van der Waals surface area contributed by atoms with Crippen LogP contribution in [-0.4, -0.2) is 38.8 Å². The van der Waals surface area contributed by atoms with Gasteiger partial charge < -0.3 is 10.6 Å². The summed E-state index contributed by atoms with van der Waals surface area (Å²) in [7, 11) is -1.61. The molecule has 6 nitrogen and oxygen atoms in total. The summed E-state index contributed by atoms with van der Waals surface area (Å²) in [6, 6.07) is 11.4. The molecular weight excluding hydrogens is 392 g/mol. The molecule has 0 unspecified atom stereocenters. The SMILES string of the molecule is CCc1ccc(CNC(=NC)NCc2ccc(S(=O)(=O)N3CCCC3)cc2)s1. The van der Waals surface area contributed by atoms with Crippen molar-refractivity contribution in [2.24, 2.45) is 4.99 Å². The van der Waals surface area contributed by atoms with Crippen molar-refractivity contribution in [1.29, 1.82) is 0 Å².